The Kier molecular flexibility index (Phi) is 9.78. The largest absolute Gasteiger partial charge is 0.432 e. The minimum atomic E-state index is -4.58. The number of hydrogen-bond donors (Lipinski definition) is 0. The molecule has 0 aromatic heterocycles. The van der Waals surface area contributed by atoms with Crippen LogP contribution in [0.2, 0.25) is 0 Å². The Bertz CT molecular complexity index is 1720. The van der Waals surface area contributed by atoms with E-state index in [1.54, 1.807) is 0 Å². The summed E-state index contributed by atoms with van der Waals surface area (Å²) in [5.74, 6) is -11.1. The van der Waals surface area contributed by atoms with Crippen molar-refractivity contribution in [3.8, 4) is 28.0 Å². The molecular formula is C34H25F9O3. The molecule has 1 heterocycles. The van der Waals surface area contributed by atoms with E-state index in [-0.39, 0.29) is 46.9 Å². The molecule has 46 heavy (non-hydrogen) atoms. The first kappa shape index (κ1) is 33.1. The second kappa shape index (κ2) is 13.6. The van der Waals surface area contributed by atoms with Gasteiger partial charge < -0.3 is 14.2 Å². The Morgan fingerprint density at radius 1 is 0.696 bits per heavy atom. The zero-order chi connectivity index (χ0) is 33.2. The summed E-state index contributed by atoms with van der Waals surface area (Å²) >= 11 is 0. The molecule has 242 valence electrons. The molecule has 0 unspecified atom stereocenters. The Balaban J connectivity index is 1.31. The van der Waals surface area contributed by atoms with Gasteiger partial charge in [0.25, 0.3) is 0 Å². The molecule has 0 aliphatic carbocycles. The van der Waals surface area contributed by atoms with Gasteiger partial charge in [0.2, 0.25) is 0 Å². The molecule has 4 aromatic rings. The van der Waals surface area contributed by atoms with Crippen LogP contribution in [0.25, 0.3) is 22.3 Å². The van der Waals surface area contributed by atoms with Crippen LogP contribution in [0, 0.1) is 46.6 Å². The van der Waals surface area contributed by atoms with Crippen molar-refractivity contribution in [3.05, 3.63) is 125 Å². The van der Waals surface area contributed by atoms with Gasteiger partial charge in [0.05, 0.1) is 13.2 Å². The Labute approximate surface area is 257 Å². The molecule has 0 bridgehead atoms. The van der Waals surface area contributed by atoms with E-state index in [4.69, 9.17) is 9.47 Å². The van der Waals surface area contributed by atoms with Crippen molar-refractivity contribution in [2.75, 3.05) is 13.2 Å². The van der Waals surface area contributed by atoms with E-state index in [2.05, 4.69) is 4.74 Å². The lowest BCUT2D eigenvalue weighted by Gasteiger charge is -2.29. The average Bonchev–Trinajstić information content (AvgIpc) is 2.99. The molecule has 0 saturated carbocycles. The van der Waals surface area contributed by atoms with Crippen LogP contribution in [-0.4, -0.2) is 13.2 Å². The van der Waals surface area contributed by atoms with E-state index in [0.717, 1.165) is 30.7 Å². The maximum Gasteiger partial charge on any atom is 0.432 e. The van der Waals surface area contributed by atoms with Crippen LogP contribution in [0.4, 0.5) is 39.5 Å². The monoisotopic (exact) mass is 652 g/mol. The van der Waals surface area contributed by atoms with E-state index < -0.39 is 64.4 Å². The van der Waals surface area contributed by atoms with Crippen LogP contribution in [0.3, 0.4) is 0 Å². The van der Waals surface area contributed by atoms with E-state index in [1.165, 1.54) is 6.07 Å². The molecule has 1 saturated heterocycles. The molecule has 0 radical (unpaired) electrons. The lowest BCUT2D eigenvalue weighted by Crippen LogP contribution is -2.28. The molecule has 3 nitrogen and oxygen atoms in total. The van der Waals surface area contributed by atoms with Crippen molar-refractivity contribution >= 4 is 0 Å². The van der Waals surface area contributed by atoms with E-state index in [0.29, 0.717) is 36.8 Å². The molecule has 1 aliphatic rings. The molecule has 0 atom stereocenters. The van der Waals surface area contributed by atoms with Gasteiger partial charge in [-0.1, -0.05) is 31.2 Å². The molecule has 1 aliphatic heterocycles. The lowest BCUT2D eigenvalue weighted by atomic mass is 9.99. The number of benzene rings is 4. The summed E-state index contributed by atoms with van der Waals surface area (Å²) in [6.07, 6.45) is -0.262. The molecular weight excluding hydrogens is 627 g/mol. The van der Waals surface area contributed by atoms with Gasteiger partial charge >= 0.3 is 6.11 Å². The fourth-order valence-electron chi connectivity index (χ4n) is 4.95. The van der Waals surface area contributed by atoms with Crippen LogP contribution in [0.15, 0.2) is 72.8 Å². The Morgan fingerprint density at radius 2 is 1.26 bits per heavy atom. The normalized spacial score (nSPS) is 17.1. The minimum absolute atomic E-state index is 0.0224. The molecule has 0 amide bonds. The topological polar surface area (TPSA) is 27.7 Å². The number of rotatable bonds is 9. The quantitative estimate of drug-likeness (QED) is 0.102. The number of halogens is 9. The van der Waals surface area contributed by atoms with Crippen molar-refractivity contribution in [2.24, 2.45) is 5.92 Å². The Hall–Kier alpha value is -4.29. The Morgan fingerprint density at radius 3 is 1.85 bits per heavy atom. The summed E-state index contributed by atoms with van der Waals surface area (Å²) < 4.78 is 146. The molecule has 5 rings (SSSR count). The summed E-state index contributed by atoms with van der Waals surface area (Å²) in [6.45, 7) is 2.45. The molecule has 0 spiro atoms. The van der Waals surface area contributed by atoms with Crippen LogP contribution in [-0.2, 0) is 15.6 Å². The van der Waals surface area contributed by atoms with Gasteiger partial charge in [-0.2, -0.15) is 8.78 Å². The standard InChI is InChI=1S/C34H25F9O3/c1-2-3-4-5-18-16-44-33(45-17-18)21-13-27(37)31(28(38)14-21)34(42,43)46-22-7-9-23(26(36)15-22)19-6-8-24(25(35)10-19)20-11-29(39)32(41)30(40)12-20/h3-4,6-15,18,33H,2,5,16-17H2,1H3. The molecule has 4 aromatic carbocycles. The van der Waals surface area contributed by atoms with Gasteiger partial charge in [-0.25, -0.2) is 30.7 Å². The zero-order valence-electron chi connectivity index (χ0n) is 24.0. The highest BCUT2D eigenvalue weighted by Gasteiger charge is 2.42. The van der Waals surface area contributed by atoms with E-state index >= 15 is 8.78 Å². The summed E-state index contributed by atoms with van der Waals surface area (Å²) in [6, 6.07) is 7.89. The smallest absolute Gasteiger partial charge is 0.429 e. The van der Waals surface area contributed by atoms with Crippen molar-refractivity contribution < 1.29 is 53.7 Å². The SMILES string of the molecule is CCC=CCC1COC(c2cc(F)c(C(F)(F)Oc3ccc(-c4ccc(-c5cc(F)c(F)c(F)c5)c(F)c4)c(F)c3)c(F)c2)OC1. The first-order valence-corrected chi connectivity index (χ1v) is 14.1. The minimum Gasteiger partial charge on any atom is -0.429 e. The third kappa shape index (κ3) is 7.07. The van der Waals surface area contributed by atoms with Gasteiger partial charge in [0, 0.05) is 28.7 Å². The third-order valence-corrected chi connectivity index (χ3v) is 7.23. The predicted octanol–water partition coefficient (Wildman–Crippen LogP) is 10.1. The number of hydrogen-bond acceptors (Lipinski definition) is 3. The highest BCUT2D eigenvalue weighted by Crippen LogP contribution is 2.39. The highest BCUT2D eigenvalue weighted by atomic mass is 19.3. The van der Waals surface area contributed by atoms with Crippen LogP contribution >= 0.6 is 0 Å². The summed E-state index contributed by atoms with van der Waals surface area (Å²) in [5, 5.41) is 0. The highest BCUT2D eigenvalue weighted by molar-refractivity contribution is 5.72. The second-order valence-corrected chi connectivity index (χ2v) is 10.5. The average molecular weight is 653 g/mol. The summed E-state index contributed by atoms with van der Waals surface area (Å²) in [4.78, 5) is 0. The van der Waals surface area contributed by atoms with E-state index in [9.17, 15) is 30.7 Å². The second-order valence-electron chi connectivity index (χ2n) is 10.5. The first-order valence-electron chi connectivity index (χ1n) is 14.1. The molecule has 0 N–H and O–H groups in total. The zero-order valence-corrected chi connectivity index (χ0v) is 24.0. The van der Waals surface area contributed by atoms with Crippen molar-refractivity contribution in [1.29, 1.82) is 0 Å². The van der Waals surface area contributed by atoms with Gasteiger partial charge in [-0.3, -0.25) is 0 Å². The fourth-order valence-corrected chi connectivity index (χ4v) is 4.95. The van der Waals surface area contributed by atoms with Gasteiger partial charge in [0.15, 0.2) is 23.7 Å². The lowest BCUT2D eigenvalue weighted by molar-refractivity contribution is -0.205. The van der Waals surface area contributed by atoms with Crippen LogP contribution < -0.4 is 4.74 Å². The third-order valence-electron chi connectivity index (χ3n) is 7.23. The molecule has 1 fully saturated rings. The molecule has 12 heteroatoms. The van der Waals surface area contributed by atoms with Gasteiger partial charge in [-0.05, 0) is 66.4 Å². The van der Waals surface area contributed by atoms with Crippen molar-refractivity contribution in [3.63, 3.8) is 0 Å². The maximum absolute atomic E-state index is 15.0. The van der Waals surface area contributed by atoms with Crippen molar-refractivity contribution in [2.45, 2.75) is 32.2 Å². The van der Waals surface area contributed by atoms with Gasteiger partial charge in [-0.15, -0.1) is 0 Å². The number of alkyl halides is 2. The fraction of sp³-hybridized carbons (Fsp3) is 0.235. The number of ether oxygens (including phenoxy) is 3. The predicted molar refractivity (Wildman–Crippen MR) is 150 cm³/mol. The van der Waals surface area contributed by atoms with Crippen molar-refractivity contribution in [1.82, 2.24) is 0 Å². The van der Waals surface area contributed by atoms with Gasteiger partial charge in [0.1, 0.15) is 34.6 Å². The summed E-state index contributed by atoms with van der Waals surface area (Å²) in [5.41, 5.74) is -2.88. The van der Waals surface area contributed by atoms with Crippen LogP contribution in [0.1, 0.15) is 37.2 Å². The first-order chi connectivity index (χ1) is 21.9. The maximum atomic E-state index is 15.0. The summed E-state index contributed by atoms with van der Waals surface area (Å²) in [7, 11) is 0. The number of allylic oxidation sites excluding steroid dienone is 2. The van der Waals surface area contributed by atoms with E-state index in [1.807, 2.05) is 19.1 Å². The van der Waals surface area contributed by atoms with Crippen LogP contribution in [0.5, 0.6) is 5.75 Å².